The number of carbonyl (C=O) groups is 1. The Kier molecular flexibility index (Phi) is 2.92. The summed E-state index contributed by atoms with van der Waals surface area (Å²) >= 11 is 0. The average Bonchev–Trinajstić information content (AvgIpc) is 2.82. The van der Waals surface area contributed by atoms with E-state index in [9.17, 15) is 4.79 Å². The van der Waals surface area contributed by atoms with Gasteiger partial charge in [-0.25, -0.2) is 0 Å². The fourth-order valence-corrected chi connectivity index (χ4v) is 4.70. The molecule has 1 saturated heterocycles. The molecule has 3 heteroatoms. The van der Waals surface area contributed by atoms with E-state index in [4.69, 9.17) is 9.47 Å². The lowest BCUT2D eigenvalue weighted by atomic mass is 9.44. The van der Waals surface area contributed by atoms with Crippen molar-refractivity contribution >= 4 is 6.29 Å². The van der Waals surface area contributed by atoms with Gasteiger partial charge < -0.3 is 14.3 Å². The van der Waals surface area contributed by atoms with Crippen LogP contribution in [-0.2, 0) is 14.3 Å². The predicted molar refractivity (Wildman–Crippen MR) is 72.6 cm³/mol. The molecule has 4 rings (SSSR count). The van der Waals surface area contributed by atoms with E-state index in [0.717, 1.165) is 25.5 Å². The lowest BCUT2D eigenvalue weighted by Crippen LogP contribution is -2.61. The van der Waals surface area contributed by atoms with Crippen molar-refractivity contribution in [3.05, 3.63) is 12.2 Å². The Morgan fingerprint density at radius 3 is 2.63 bits per heavy atom. The molecule has 4 aliphatic rings. The molecule has 2 bridgehead atoms. The maximum Gasteiger partial charge on any atom is 0.175 e. The molecule has 19 heavy (non-hydrogen) atoms. The molecule has 0 radical (unpaired) electrons. The van der Waals surface area contributed by atoms with Crippen LogP contribution >= 0.6 is 0 Å². The van der Waals surface area contributed by atoms with Crippen molar-refractivity contribution in [2.75, 3.05) is 13.2 Å². The number of ether oxygens (including phenoxy) is 2. The van der Waals surface area contributed by atoms with Crippen molar-refractivity contribution in [2.24, 2.45) is 16.7 Å². The van der Waals surface area contributed by atoms with Gasteiger partial charge in [-0.3, -0.25) is 0 Å². The maximum atomic E-state index is 10.8. The first kappa shape index (κ1) is 13.3. The summed E-state index contributed by atoms with van der Waals surface area (Å²) in [5, 5.41) is 0. The van der Waals surface area contributed by atoms with E-state index in [2.05, 4.69) is 20.4 Å². The Morgan fingerprint density at radius 2 is 2.05 bits per heavy atom. The van der Waals surface area contributed by atoms with Gasteiger partial charge in [0.15, 0.2) is 5.79 Å². The van der Waals surface area contributed by atoms with Crippen LogP contribution in [0.4, 0.5) is 0 Å². The lowest BCUT2D eigenvalue weighted by molar-refractivity contribution is -0.262. The molecule has 0 N–H and O–H groups in total. The Hall–Kier alpha value is -0.670. The fourth-order valence-electron chi connectivity index (χ4n) is 4.70. The second-order valence-electron chi connectivity index (χ2n) is 6.90. The zero-order chi connectivity index (χ0) is 13.7. The molecule has 0 aromatic heterocycles. The van der Waals surface area contributed by atoms with Crippen LogP contribution in [-0.4, -0.2) is 25.3 Å². The molecule has 1 aliphatic heterocycles. The Morgan fingerprint density at radius 1 is 1.37 bits per heavy atom. The maximum absolute atomic E-state index is 10.8. The summed E-state index contributed by atoms with van der Waals surface area (Å²) in [6.45, 7) is 10.4. The molecule has 4 fully saturated rings. The minimum atomic E-state index is -0.412. The summed E-state index contributed by atoms with van der Waals surface area (Å²) < 4.78 is 12.0. The normalized spacial score (nSPS) is 43.9. The molecule has 106 valence electrons. The summed E-state index contributed by atoms with van der Waals surface area (Å²) in [6, 6.07) is 0. The fraction of sp³-hybridized carbons (Fsp3) is 0.812. The van der Waals surface area contributed by atoms with Gasteiger partial charge in [0, 0.05) is 18.8 Å². The zero-order valence-electron chi connectivity index (χ0n) is 12.0. The number of fused-ring (bicyclic) bond motifs is 2. The first-order valence-electron chi connectivity index (χ1n) is 7.38. The highest BCUT2D eigenvalue weighted by Gasteiger charge is 2.65. The van der Waals surface area contributed by atoms with Crippen LogP contribution in [0.1, 0.15) is 46.0 Å². The van der Waals surface area contributed by atoms with E-state index in [1.165, 1.54) is 12.0 Å². The van der Waals surface area contributed by atoms with Crippen LogP contribution in [0.5, 0.6) is 0 Å². The molecule has 0 aromatic rings. The van der Waals surface area contributed by atoms with Crippen LogP contribution < -0.4 is 0 Å². The summed E-state index contributed by atoms with van der Waals surface area (Å²) in [6.07, 6.45) is 5.78. The van der Waals surface area contributed by atoms with Gasteiger partial charge in [0.25, 0.3) is 0 Å². The highest BCUT2D eigenvalue weighted by atomic mass is 16.7. The largest absolute Gasteiger partial charge is 0.347 e. The van der Waals surface area contributed by atoms with Crippen molar-refractivity contribution in [1.82, 2.24) is 0 Å². The van der Waals surface area contributed by atoms with E-state index >= 15 is 0 Å². The van der Waals surface area contributed by atoms with Crippen molar-refractivity contribution in [1.29, 1.82) is 0 Å². The number of hydrogen-bond donors (Lipinski definition) is 0. The Labute approximate surface area is 115 Å². The first-order valence-corrected chi connectivity index (χ1v) is 7.38. The van der Waals surface area contributed by atoms with Gasteiger partial charge in [0.2, 0.25) is 0 Å². The van der Waals surface area contributed by atoms with E-state index in [1.54, 1.807) is 0 Å². The predicted octanol–water partition coefficient (Wildman–Crippen LogP) is 3.09. The topological polar surface area (TPSA) is 35.5 Å². The SMILES string of the molecule is C=C1[C@@H]2CC[C@@](C)(CC23OCCO3)[C@@]1(C)CCC=O. The van der Waals surface area contributed by atoms with Crippen molar-refractivity contribution < 1.29 is 14.3 Å². The number of hydrogen-bond acceptors (Lipinski definition) is 3. The van der Waals surface area contributed by atoms with Crippen LogP contribution in [0.3, 0.4) is 0 Å². The average molecular weight is 264 g/mol. The molecule has 0 unspecified atom stereocenters. The summed E-state index contributed by atoms with van der Waals surface area (Å²) in [4.78, 5) is 10.8. The molecule has 3 atom stereocenters. The number of rotatable bonds is 3. The molecular weight excluding hydrogens is 240 g/mol. The molecule has 3 aliphatic carbocycles. The van der Waals surface area contributed by atoms with E-state index in [0.29, 0.717) is 25.6 Å². The summed E-state index contributed by atoms with van der Waals surface area (Å²) in [5.41, 5.74) is 1.42. The third-order valence-corrected chi connectivity index (χ3v) is 6.15. The van der Waals surface area contributed by atoms with Gasteiger partial charge in [-0.2, -0.15) is 0 Å². The highest BCUT2D eigenvalue weighted by molar-refractivity contribution is 5.50. The molecular formula is C16H24O3. The second-order valence-corrected chi connectivity index (χ2v) is 6.90. The van der Waals surface area contributed by atoms with Crippen molar-refractivity contribution in [3.63, 3.8) is 0 Å². The van der Waals surface area contributed by atoms with Gasteiger partial charge in [-0.05, 0) is 30.1 Å². The molecule has 3 saturated carbocycles. The lowest BCUT2D eigenvalue weighted by Gasteiger charge is -2.64. The number of carbonyl (C=O) groups excluding carboxylic acids is 1. The third kappa shape index (κ3) is 1.61. The monoisotopic (exact) mass is 264 g/mol. The van der Waals surface area contributed by atoms with E-state index in [1.807, 2.05) is 0 Å². The smallest absolute Gasteiger partial charge is 0.175 e. The molecule has 3 nitrogen and oxygen atoms in total. The molecule has 0 aromatic carbocycles. The standard InChI is InChI=1S/C16H24O3/c1-12-13-5-7-14(2,15(12,3)6-4-8-17)11-16(13)18-9-10-19-16/h8,13H,1,4-7,9-11H2,2-3H3/t13-,14-,15-/m0/s1. The van der Waals surface area contributed by atoms with Gasteiger partial charge in [-0.1, -0.05) is 26.0 Å². The highest BCUT2D eigenvalue weighted by Crippen LogP contribution is 2.68. The van der Waals surface area contributed by atoms with Crippen LogP contribution in [0, 0.1) is 16.7 Å². The van der Waals surface area contributed by atoms with Crippen LogP contribution in [0.25, 0.3) is 0 Å². The molecule has 1 spiro atoms. The quantitative estimate of drug-likeness (QED) is 0.580. The van der Waals surface area contributed by atoms with Crippen molar-refractivity contribution in [3.8, 4) is 0 Å². The van der Waals surface area contributed by atoms with Crippen LogP contribution in [0.15, 0.2) is 12.2 Å². The minimum Gasteiger partial charge on any atom is -0.347 e. The third-order valence-electron chi connectivity index (χ3n) is 6.15. The number of aldehydes is 1. The van der Waals surface area contributed by atoms with Crippen molar-refractivity contribution in [2.45, 2.75) is 51.7 Å². The minimum absolute atomic E-state index is 0.0391. The first-order chi connectivity index (χ1) is 8.97. The Balaban J connectivity index is 1.96. The van der Waals surface area contributed by atoms with E-state index < -0.39 is 5.79 Å². The van der Waals surface area contributed by atoms with Gasteiger partial charge in [0.05, 0.1) is 13.2 Å². The summed E-state index contributed by atoms with van der Waals surface area (Å²) in [7, 11) is 0. The van der Waals surface area contributed by atoms with Gasteiger partial charge in [0.1, 0.15) is 6.29 Å². The van der Waals surface area contributed by atoms with Crippen LogP contribution in [0.2, 0.25) is 0 Å². The summed E-state index contributed by atoms with van der Waals surface area (Å²) in [5.74, 6) is -0.112. The molecule has 1 heterocycles. The second kappa shape index (κ2) is 4.16. The zero-order valence-corrected chi connectivity index (χ0v) is 12.0. The Bertz CT molecular complexity index is 410. The molecule has 0 amide bonds. The van der Waals surface area contributed by atoms with Gasteiger partial charge >= 0.3 is 0 Å². The van der Waals surface area contributed by atoms with E-state index in [-0.39, 0.29) is 10.8 Å². The van der Waals surface area contributed by atoms with Gasteiger partial charge in [-0.15, -0.1) is 0 Å².